The summed E-state index contributed by atoms with van der Waals surface area (Å²) in [5.41, 5.74) is 0.313. The molecule has 0 spiro atoms. The molecular formula is C13H18O4S. The van der Waals surface area contributed by atoms with Crippen LogP contribution in [0.5, 0.6) is 0 Å². The van der Waals surface area contributed by atoms with Gasteiger partial charge in [-0.15, -0.1) is 0 Å². The van der Waals surface area contributed by atoms with Gasteiger partial charge in [0.15, 0.2) is 15.1 Å². The Kier molecular flexibility index (Phi) is 4.90. The zero-order valence-electron chi connectivity index (χ0n) is 10.5. The van der Waals surface area contributed by atoms with Crippen molar-refractivity contribution >= 4 is 15.8 Å². The van der Waals surface area contributed by atoms with Crippen LogP contribution >= 0.6 is 0 Å². The second kappa shape index (κ2) is 6.00. The van der Waals surface area contributed by atoms with E-state index in [1.165, 1.54) is 12.1 Å². The van der Waals surface area contributed by atoms with Crippen molar-refractivity contribution in [3.05, 3.63) is 35.9 Å². The SMILES string of the molecule is CCC(C)CS(=O)(=O)C(C(=O)O)c1ccccc1. The van der Waals surface area contributed by atoms with Gasteiger partial charge in [0.25, 0.3) is 0 Å². The second-order valence-electron chi connectivity index (χ2n) is 4.47. The summed E-state index contributed by atoms with van der Waals surface area (Å²) in [4.78, 5) is 11.2. The highest BCUT2D eigenvalue weighted by molar-refractivity contribution is 7.92. The van der Waals surface area contributed by atoms with Crippen LogP contribution in [0.3, 0.4) is 0 Å². The van der Waals surface area contributed by atoms with E-state index >= 15 is 0 Å². The van der Waals surface area contributed by atoms with Gasteiger partial charge < -0.3 is 5.11 Å². The Hall–Kier alpha value is -1.36. The predicted octanol–water partition coefficient (Wildman–Crippen LogP) is 2.27. The Labute approximate surface area is 108 Å². The maximum absolute atomic E-state index is 12.2. The van der Waals surface area contributed by atoms with Crippen LogP contribution in [0.4, 0.5) is 0 Å². The zero-order chi connectivity index (χ0) is 13.8. The summed E-state index contributed by atoms with van der Waals surface area (Å²) in [6, 6.07) is 8.08. The lowest BCUT2D eigenvalue weighted by molar-refractivity contribution is -0.136. The summed E-state index contributed by atoms with van der Waals surface area (Å²) in [5, 5.41) is 7.70. The van der Waals surface area contributed by atoms with Crippen LogP contribution in [0, 0.1) is 5.92 Å². The smallest absolute Gasteiger partial charge is 0.326 e. The normalized spacial score (nSPS) is 15.0. The number of rotatable bonds is 6. The molecule has 0 aliphatic rings. The molecule has 0 bridgehead atoms. The highest BCUT2D eigenvalue weighted by atomic mass is 32.2. The first-order valence-corrected chi connectivity index (χ1v) is 7.59. The summed E-state index contributed by atoms with van der Waals surface area (Å²) in [5.74, 6) is -1.46. The van der Waals surface area contributed by atoms with Gasteiger partial charge in [0.05, 0.1) is 5.75 Å². The summed E-state index contributed by atoms with van der Waals surface area (Å²) in [6.07, 6.45) is 0.709. The molecule has 0 radical (unpaired) electrons. The fourth-order valence-corrected chi connectivity index (χ4v) is 3.84. The highest BCUT2D eigenvalue weighted by Crippen LogP contribution is 2.25. The molecule has 0 amide bonds. The minimum Gasteiger partial charge on any atom is -0.480 e. The Morgan fingerprint density at radius 1 is 1.28 bits per heavy atom. The van der Waals surface area contributed by atoms with E-state index in [1.807, 2.05) is 6.92 Å². The monoisotopic (exact) mass is 270 g/mol. The molecule has 0 heterocycles. The standard InChI is InChI=1S/C13H18O4S/c1-3-10(2)9-18(16,17)12(13(14)15)11-7-5-4-6-8-11/h4-8,10,12H,3,9H2,1-2H3,(H,14,15). The summed E-state index contributed by atoms with van der Waals surface area (Å²) in [6.45, 7) is 3.69. The Morgan fingerprint density at radius 2 is 1.83 bits per heavy atom. The van der Waals surface area contributed by atoms with Gasteiger partial charge in [-0.05, 0) is 11.5 Å². The molecule has 1 rings (SSSR count). The Morgan fingerprint density at radius 3 is 2.28 bits per heavy atom. The average molecular weight is 270 g/mol. The van der Waals surface area contributed by atoms with Crippen LogP contribution in [-0.4, -0.2) is 25.2 Å². The van der Waals surface area contributed by atoms with Crippen molar-refractivity contribution in [2.24, 2.45) is 5.92 Å². The zero-order valence-corrected chi connectivity index (χ0v) is 11.4. The number of carboxylic acid groups (broad SMARTS) is 1. The predicted molar refractivity (Wildman–Crippen MR) is 70.1 cm³/mol. The van der Waals surface area contributed by atoms with Crippen molar-refractivity contribution in [3.63, 3.8) is 0 Å². The number of hydrogen-bond donors (Lipinski definition) is 1. The number of sulfone groups is 1. The van der Waals surface area contributed by atoms with E-state index in [1.54, 1.807) is 25.1 Å². The number of aliphatic carboxylic acids is 1. The van der Waals surface area contributed by atoms with Gasteiger partial charge in [-0.1, -0.05) is 50.6 Å². The van der Waals surface area contributed by atoms with Crippen molar-refractivity contribution in [2.75, 3.05) is 5.75 Å². The van der Waals surface area contributed by atoms with Gasteiger partial charge in [-0.25, -0.2) is 8.42 Å². The van der Waals surface area contributed by atoms with Crippen LogP contribution < -0.4 is 0 Å². The molecule has 0 aromatic heterocycles. The first kappa shape index (κ1) is 14.7. The molecule has 0 fully saturated rings. The second-order valence-corrected chi connectivity index (χ2v) is 6.60. The molecule has 0 aliphatic heterocycles. The molecule has 2 atom stereocenters. The Balaban J connectivity index is 3.11. The third kappa shape index (κ3) is 3.57. The van der Waals surface area contributed by atoms with Gasteiger partial charge in [0.1, 0.15) is 0 Å². The van der Waals surface area contributed by atoms with E-state index < -0.39 is 21.1 Å². The first-order valence-electron chi connectivity index (χ1n) is 5.87. The van der Waals surface area contributed by atoms with Crippen LogP contribution in [0.25, 0.3) is 0 Å². The quantitative estimate of drug-likeness (QED) is 0.860. The topological polar surface area (TPSA) is 71.4 Å². The first-order chi connectivity index (χ1) is 8.38. The number of carbonyl (C=O) groups is 1. The van der Waals surface area contributed by atoms with Crippen LogP contribution in [0.15, 0.2) is 30.3 Å². The lowest BCUT2D eigenvalue weighted by Gasteiger charge is -2.16. The van der Waals surface area contributed by atoms with Crippen molar-refractivity contribution in [1.82, 2.24) is 0 Å². The lowest BCUT2D eigenvalue weighted by Crippen LogP contribution is -2.26. The largest absolute Gasteiger partial charge is 0.480 e. The number of carboxylic acids is 1. The molecule has 1 aromatic carbocycles. The van der Waals surface area contributed by atoms with Crippen molar-refractivity contribution in [3.8, 4) is 0 Å². The van der Waals surface area contributed by atoms with Crippen LogP contribution in [-0.2, 0) is 14.6 Å². The molecule has 2 unspecified atom stereocenters. The fraction of sp³-hybridized carbons (Fsp3) is 0.462. The van der Waals surface area contributed by atoms with Gasteiger partial charge in [-0.2, -0.15) is 0 Å². The van der Waals surface area contributed by atoms with Crippen LogP contribution in [0.1, 0.15) is 31.1 Å². The molecule has 1 N–H and O–H groups in total. The van der Waals surface area contributed by atoms with E-state index in [2.05, 4.69) is 0 Å². The van der Waals surface area contributed by atoms with Crippen molar-refractivity contribution < 1.29 is 18.3 Å². The van der Waals surface area contributed by atoms with E-state index in [0.717, 1.165) is 0 Å². The van der Waals surface area contributed by atoms with Crippen LogP contribution in [0.2, 0.25) is 0 Å². The van der Waals surface area contributed by atoms with E-state index in [0.29, 0.717) is 12.0 Å². The van der Waals surface area contributed by atoms with Gasteiger partial charge in [0.2, 0.25) is 0 Å². The summed E-state index contributed by atoms with van der Waals surface area (Å²) >= 11 is 0. The third-order valence-electron chi connectivity index (χ3n) is 2.90. The molecule has 5 heteroatoms. The van der Waals surface area contributed by atoms with Gasteiger partial charge in [0, 0.05) is 0 Å². The van der Waals surface area contributed by atoms with Gasteiger partial charge >= 0.3 is 5.97 Å². The molecule has 0 saturated heterocycles. The van der Waals surface area contributed by atoms with E-state index in [9.17, 15) is 13.2 Å². The molecular weight excluding hydrogens is 252 g/mol. The van der Waals surface area contributed by atoms with E-state index in [-0.39, 0.29) is 11.7 Å². The van der Waals surface area contributed by atoms with Crippen molar-refractivity contribution in [2.45, 2.75) is 25.5 Å². The van der Waals surface area contributed by atoms with Crippen molar-refractivity contribution in [1.29, 1.82) is 0 Å². The lowest BCUT2D eigenvalue weighted by atomic mass is 10.1. The maximum Gasteiger partial charge on any atom is 0.326 e. The molecule has 4 nitrogen and oxygen atoms in total. The molecule has 1 aromatic rings. The average Bonchev–Trinajstić information content (AvgIpc) is 2.28. The molecule has 100 valence electrons. The molecule has 18 heavy (non-hydrogen) atoms. The highest BCUT2D eigenvalue weighted by Gasteiger charge is 2.34. The van der Waals surface area contributed by atoms with E-state index in [4.69, 9.17) is 5.11 Å². The minimum absolute atomic E-state index is 0.0411. The summed E-state index contributed by atoms with van der Waals surface area (Å²) in [7, 11) is -3.69. The Bertz CT molecular complexity index is 493. The third-order valence-corrected chi connectivity index (χ3v) is 5.13. The molecule has 0 aliphatic carbocycles. The minimum atomic E-state index is -3.69. The number of hydrogen-bond acceptors (Lipinski definition) is 3. The summed E-state index contributed by atoms with van der Waals surface area (Å²) < 4.78 is 24.3. The van der Waals surface area contributed by atoms with Gasteiger partial charge in [-0.3, -0.25) is 4.79 Å². The fourth-order valence-electron chi connectivity index (χ4n) is 1.74. The molecule has 0 saturated carbocycles. The number of benzene rings is 1. The maximum atomic E-state index is 12.2.